The molecule has 0 radical (unpaired) electrons. The van der Waals surface area contributed by atoms with Crippen molar-refractivity contribution in [1.82, 2.24) is 4.90 Å². The number of nitrogens with zero attached hydrogens (tertiary/aromatic N) is 4. The Labute approximate surface area is 180 Å². The molecule has 0 N–H and O–H groups in total. The van der Waals surface area contributed by atoms with Gasteiger partial charge in [0.25, 0.3) is 5.69 Å². The average Bonchev–Trinajstić information content (AvgIpc) is 3.03. The molecule has 0 saturated carbocycles. The van der Waals surface area contributed by atoms with Gasteiger partial charge in [-0.3, -0.25) is 19.8 Å². The van der Waals surface area contributed by atoms with E-state index in [0.29, 0.717) is 17.3 Å². The molecule has 1 aliphatic heterocycles. The molecule has 0 aliphatic carbocycles. The molecular formula is C22H24N4O3S. The highest BCUT2D eigenvalue weighted by Gasteiger charge is 2.37. The van der Waals surface area contributed by atoms with Crippen LogP contribution >= 0.6 is 11.8 Å². The van der Waals surface area contributed by atoms with Crippen molar-refractivity contribution >= 4 is 34.7 Å². The molecule has 0 unspecified atom stereocenters. The number of unbranched alkanes of at least 4 members (excludes halogenated alkanes) is 1. The second kappa shape index (κ2) is 10.2. The molecule has 1 atom stereocenters. The topological polar surface area (TPSA) is 88.2 Å². The quantitative estimate of drug-likeness (QED) is 0.341. The molecular weight excluding hydrogens is 400 g/mol. The Morgan fingerprint density at radius 3 is 2.77 bits per heavy atom. The van der Waals surface area contributed by atoms with Crippen LogP contribution in [0.3, 0.4) is 0 Å². The number of benzene rings is 2. The van der Waals surface area contributed by atoms with Gasteiger partial charge in [0.05, 0.1) is 22.9 Å². The number of hydrogen-bond donors (Lipinski definition) is 0. The van der Waals surface area contributed by atoms with Gasteiger partial charge in [-0.25, -0.2) is 0 Å². The van der Waals surface area contributed by atoms with E-state index < -0.39 is 4.92 Å². The van der Waals surface area contributed by atoms with Crippen molar-refractivity contribution < 1.29 is 9.72 Å². The summed E-state index contributed by atoms with van der Waals surface area (Å²) in [6.45, 7) is 4.58. The minimum Gasteiger partial charge on any atom is -0.284 e. The number of aryl methyl sites for hydroxylation is 1. The summed E-state index contributed by atoms with van der Waals surface area (Å²) in [7, 11) is 0. The minimum atomic E-state index is -0.447. The van der Waals surface area contributed by atoms with E-state index in [1.54, 1.807) is 17.0 Å². The third kappa shape index (κ3) is 5.33. The molecule has 3 rings (SSSR count). The number of rotatable bonds is 8. The van der Waals surface area contributed by atoms with E-state index in [4.69, 9.17) is 0 Å². The predicted octanol–water partition coefficient (Wildman–Crippen LogP) is 4.93. The van der Waals surface area contributed by atoms with Crippen molar-refractivity contribution in [3.8, 4) is 0 Å². The third-order valence-corrected chi connectivity index (χ3v) is 6.10. The lowest BCUT2D eigenvalue weighted by Gasteiger charge is -2.17. The van der Waals surface area contributed by atoms with Crippen molar-refractivity contribution in [2.24, 2.45) is 10.2 Å². The molecule has 8 heteroatoms. The monoisotopic (exact) mass is 424 g/mol. The van der Waals surface area contributed by atoms with E-state index in [2.05, 4.69) is 17.1 Å². The number of thioether (sulfide) groups is 1. The summed E-state index contributed by atoms with van der Waals surface area (Å²) in [5.41, 5.74) is 2.76. The van der Waals surface area contributed by atoms with Gasteiger partial charge in [-0.2, -0.15) is 5.10 Å². The molecule has 1 amide bonds. The largest absolute Gasteiger partial charge is 0.284 e. The summed E-state index contributed by atoms with van der Waals surface area (Å²) in [6, 6.07) is 14.2. The second-order valence-corrected chi connectivity index (χ2v) is 8.25. The van der Waals surface area contributed by atoms with Gasteiger partial charge in [-0.05, 0) is 24.5 Å². The minimum absolute atomic E-state index is 0.00201. The van der Waals surface area contributed by atoms with Gasteiger partial charge in [0.15, 0.2) is 5.17 Å². The molecule has 0 bridgehead atoms. The fourth-order valence-electron chi connectivity index (χ4n) is 3.13. The van der Waals surface area contributed by atoms with Gasteiger partial charge in [0, 0.05) is 17.7 Å². The SMILES string of the molecule is CCCC[C@H]1S/C(=N\N=C/c2cccc([N+](=O)[O-])c2)N(Cc2ccccc2C)C1=O. The number of hydrogen-bond acceptors (Lipinski definition) is 6. The maximum Gasteiger partial charge on any atom is 0.270 e. The summed E-state index contributed by atoms with van der Waals surface area (Å²) in [5, 5.41) is 19.7. The number of amides is 1. The number of carbonyl (C=O) groups excluding carboxylic acids is 1. The number of nitro benzene ring substituents is 1. The smallest absolute Gasteiger partial charge is 0.270 e. The van der Waals surface area contributed by atoms with Crippen LogP contribution in [0, 0.1) is 17.0 Å². The van der Waals surface area contributed by atoms with Crippen LogP contribution in [-0.2, 0) is 11.3 Å². The predicted molar refractivity (Wildman–Crippen MR) is 121 cm³/mol. The van der Waals surface area contributed by atoms with Crippen LogP contribution in [0.1, 0.15) is 42.9 Å². The van der Waals surface area contributed by atoms with Crippen molar-refractivity contribution in [3.05, 3.63) is 75.3 Å². The van der Waals surface area contributed by atoms with Crippen LogP contribution in [-0.4, -0.2) is 32.4 Å². The molecule has 1 aliphatic rings. The van der Waals surface area contributed by atoms with E-state index in [-0.39, 0.29) is 16.8 Å². The van der Waals surface area contributed by atoms with E-state index >= 15 is 0 Å². The van der Waals surface area contributed by atoms with Gasteiger partial charge in [-0.1, -0.05) is 67.9 Å². The number of amidine groups is 1. The maximum atomic E-state index is 13.0. The molecule has 30 heavy (non-hydrogen) atoms. The Morgan fingerprint density at radius 2 is 2.03 bits per heavy atom. The average molecular weight is 425 g/mol. The fraction of sp³-hybridized carbons (Fsp3) is 0.318. The van der Waals surface area contributed by atoms with Crippen molar-refractivity contribution in [2.45, 2.75) is 44.9 Å². The molecule has 0 spiro atoms. The summed E-state index contributed by atoms with van der Waals surface area (Å²) < 4.78 is 0. The molecule has 2 aromatic carbocycles. The molecule has 7 nitrogen and oxygen atoms in total. The van der Waals surface area contributed by atoms with E-state index in [1.165, 1.54) is 30.1 Å². The number of nitro groups is 1. The first kappa shape index (κ1) is 21.7. The Hall–Kier alpha value is -3.00. The van der Waals surface area contributed by atoms with Gasteiger partial charge in [0.2, 0.25) is 5.91 Å². The summed E-state index contributed by atoms with van der Waals surface area (Å²) in [6.07, 6.45) is 4.28. The standard InChI is InChI=1S/C22H24N4O3S/c1-3-4-12-20-21(27)25(15-18-10-6-5-8-16(18)2)22(30-20)24-23-14-17-9-7-11-19(13-17)26(28)29/h5-11,13-14,20H,3-4,12,15H2,1-2H3/b23-14-,24-22-/t20-/m1/s1. The zero-order chi connectivity index (χ0) is 21.5. The highest BCUT2D eigenvalue weighted by molar-refractivity contribution is 8.15. The van der Waals surface area contributed by atoms with Crippen LogP contribution in [0.4, 0.5) is 5.69 Å². The van der Waals surface area contributed by atoms with Gasteiger partial charge in [0.1, 0.15) is 0 Å². The first-order valence-corrected chi connectivity index (χ1v) is 10.8. The molecule has 1 saturated heterocycles. The lowest BCUT2D eigenvalue weighted by molar-refractivity contribution is -0.384. The Kier molecular flexibility index (Phi) is 7.35. The number of carbonyl (C=O) groups is 1. The van der Waals surface area contributed by atoms with Crippen molar-refractivity contribution in [1.29, 1.82) is 0 Å². The van der Waals surface area contributed by atoms with Crippen LogP contribution in [0.25, 0.3) is 0 Å². The summed E-state index contributed by atoms with van der Waals surface area (Å²) in [4.78, 5) is 25.2. The van der Waals surface area contributed by atoms with Gasteiger partial charge in [-0.15, -0.1) is 5.10 Å². The second-order valence-electron chi connectivity index (χ2n) is 7.08. The molecule has 1 heterocycles. The Bertz CT molecular complexity index is 990. The molecule has 2 aromatic rings. The summed E-state index contributed by atoms with van der Waals surface area (Å²) in [5.74, 6) is 0.0565. The first-order valence-electron chi connectivity index (χ1n) is 9.87. The molecule has 0 aromatic heterocycles. The first-order chi connectivity index (χ1) is 14.5. The van der Waals surface area contributed by atoms with Crippen LogP contribution in [0.15, 0.2) is 58.7 Å². The molecule has 156 valence electrons. The van der Waals surface area contributed by atoms with Crippen LogP contribution in [0.5, 0.6) is 0 Å². The van der Waals surface area contributed by atoms with Crippen LogP contribution in [0.2, 0.25) is 0 Å². The van der Waals surface area contributed by atoms with E-state index in [0.717, 1.165) is 30.4 Å². The highest BCUT2D eigenvalue weighted by Crippen LogP contribution is 2.32. The zero-order valence-corrected chi connectivity index (χ0v) is 17.8. The van der Waals surface area contributed by atoms with Crippen molar-refractivity contribution in [3.63, 3.8) is 0 Å². The highest BCUT2D eigenvalue weighted by atomic mass is 32.2. The van der Waals surface area contributed by atoms with E-state index in [1.807, 2.05) is 31.2 Å². The van der Waals surface area contributed by atoms with Crippen molar-refractivity contribution in [2.75, 3.05) is 0 Å². The Morgan fingerprint density at radius 1 is 1.23 bits per heavy atom. The normalized spacial score (nSPS) is 17.9. The van der Waals surface area contributed by atoms with Gasteiger partial charge < -0.3 is 0 Å². The third-order valence-electron chi connectivity index (χ3n) is 4.86. The lowest BCUT2D eigenvalue weighted by Crippen LogP contribution is -2.31. The number of non-ortho nitro benzene ring substituents is 1. The maximum absolute atomic E-state index is 13.0. The molecule has 1 fully saturated rings. The fourth-order valence-corrected chi connectivity index (χ4v) is 4.27. The lowest BCUT2D eigenvalue weighted by atomic mass is 10.1. The Balaban J connectivity index is 1.83. The summed E-state index contributed by atoms with van der Waals surface area (Å²) >= 11 is 1.44. The van der Waals surface area contributed by atoms with Crippen LogP contribution < -0.4 is 0 Å². The van der Waals surface area contributed by atoms with Gasteiger partial charge >= 0.3 is 0 Å². The zero-order valence-electron chi connectivity index (χ0n) is 17.0. The van der Waals surface area contributed by atoms with E-state index in [9.17, 15) is 14.9 Å².